The Morgan fingerprint density at radius 1 is 1.29 bits per heavy atom. The molecule has 1 aliphatic carbocycles. The summed E-state index contributed by atoms with van der Waals surface area (Å²) in [5.74, 6) is 1.68. The minimum atomic E-state index is 0.539. The summed E-state index contributed by atoms with van der Waals surface area (Å²) in [5, 5.41) is 9.71. The molecular formula is C11H15N5S. The van der Waals surface area contributed by atoms with Gasteiger partial charge in [-0.15, -0.1) is 0 Å². The number of anilines is 1. The smallest absolute Gasteiger partial charge is 0.205 e. The van der Waals surface area contributed by atoms with Crippen molar-refractivity contribution in [3.8, 4) is 6.07 Å². The molecule has 6 heteroatoms. The maximum absolute atomic E-state index is 8.65. The van der Waals surface area contributed by atoms with E-state index >= 15 is 0 Å². The maximum atomic E-state index is 8.65. The van der Waals surface area contributed by atoms with Gasteiger partial charge in [0.25, 0.3) is 0 Å². The molecule has 1 aromatic rings. The fourth-order valence-electron chi connectivity index (χ4n) is 2.06. The summed E-state index contributed by atoms with van der Waals surface area (Å²) in [6.07, 6.45) is 2.51. The summed E-state index contributed by atoms with van der Waals surface area (Å²) < 4.78 is 4.43. The lowest BCUT2D eigenvalue weighted by atomic mass is 10.3. The van der Waals surface area contributed by atoms with E-state index in [-0.39, 0.29) is 0 Å². The zero-order chi connectivity index (χ0) is 11.7. The Labute approximate surface area is 105 Å². The van der Waals surface area contributed by atoms with E-state index in [1.54, 1.807) is 0 Å². The van der Waals surface area contributed by atoms with E-state index in [0.29, 0.717) is 12.5 Å². The lowest BCUT2D eigenvalue weighted by Crippen LogP contribution is -2.46. The number of piperazine rings is 1. The van der Waals surface area contributed by atoms with Crippen molar-refractivity contribution in [2.75, 3.05) is 37.6 Å². The molecule has 1 aliphatic heterocycles. The summed E-state index contributed by atoms with van der Waals surface area (Å²) >= 11 is 1.52. The van der Waals surface area contributed by atoms with Crippen LogP contribution in [0.25, 0.3) is 0 Å². The molecule has 0 spiro atoms. The Morgan fingerprint density at radius 2 is 2.06 bits per heavy atom. The highest BCUT2D eigenvalue weighted by Gasteiger charge is 2.29. The molecule has 1 saturated carbocycles. The average Bonchev–Trinajstić information content (AvgIpc) is 3.09. The van der Waals surface area contributed by atoms with Crippen molar-refractivity contribution in [2.45, 2.75) is 18.8 Å². The van der Waals surface area contributed by atoms with E-state index in [0.717, 1.165) is 37.1 Å². The predicted molar refractivity (Wildman–Crippen MR) is 66.2 cm³/mol. The molecule has 1 aromatic heterocycles. The average molecular weight is 249 g/mol. The first kappa shape index (κ1) is 10.9. The second-order valence-electron chi connectivity index (χ2n) is 4.63. The van der Waals surface area contributed by atoms with Crippen LogP contribution < -0.4 is 4.90 Å². The topological polar surface area (TPSA) is 56.1 Å². The Kier molecular flexibility index (Phi) is 2.95. The first-order valence-electron chi connectivity index (χ1n) is 6.04. The molecule has 0 unspecified atom stereocenters. The molecule has 5 nitrogen and oxygen atoms in total. The normalized spacial score (nSPS) is 21.5. The van der Waals surface area contributed by atoms with Crippen molar-refractivity contribution in [1.82, 2.24) is 14.3 Å². The van der Waals surface area contributed by atoms with Gasteiger partial charge in [-0.1, -0.05) is 0 Å². The fourth-order valence-corrected chi connectivity index (χ4v) is 2.86. The van der Waals surface area contributed by atoms with E-state index in [9.17, 15) is 0 Å². The maximum Gasteiger partial charge on any atom is 0.205 e. The van der Waals surface area contributed by atoms with Crippen LogP contribution in [0.3, 0.4) is 0 Å². The van der Waals surface area contributed by atoms with Crippen LogP contribution in [-0.4, -0.2) is 47.0 Å². The Hall–Kier alpha value is -1.19. The van der Waals surface area contributed by atoms with Crippen LogP contribution in [0.15, 0.2) is 0 Å². The molecule has 2 heterocycles. The van der Waals surface area contributed by atoms with Gasteiger partial charge in [0.05, 0.1) is 12.6 Å². The fraction of sp³-hybridized carbons (Fsp3) is 0.727. The SMILES string of the molecule is N#CCN1CCN(c2nc(C3CC3)ns2)CC1. The Bertz CT molecular complexity index is 425. The summed E-state index contributed by atoms with van der Waals surface area (Å²) in [7, 11) is 0. The van der Waals surface area contributed by atoms with Crippen molar-refractivity contribution >= 4 is 16.7 Å². The highest BCUT2D eigenvalue weighted by molar-refractivity contribution is 7.09. The Morgan fingerprint density at radius 3 is 2.71 bits per heavy atom. The molecule has 0 atom stereocenters. The van der Waals surface area contributed by atoms with Crippen molar-refractivity contribution in [2.24, 2.45) is 0 Å². The highest BCUT2D eigenvalue weighted by atomic mass is 32.1. The van der Waals surface area contributed by atoms with Gasteiger partial charge in [-0.2, -0.15) is 9.64 Å². The molecule has 0 N–H and O–H groups in total. The van der Waals surface area contributed by atoms with Crippen molar-refractivity contribution in [1.29, 1.82) is 5.26 Å². The zero-order valence-electron chi connectivity index (χ0n) is 9.67. The van der Waals surface area contributed by atoms with E-state index in [2.05, 4.69) is 25.2 Å². The number of hydrogen-bond acceptors (Lipinski definition) is 6. The van der Waals surface area contributed by atoms with Crippen LogP contribution in [0.4, 0.5) is 5.13 Å². The second kappa shape index (κ2) is 4.59. The number of nitriles is 1. The predicted octanol–water partition coefficient (Wildman–Crippen LogP) is 1.06. The molecule has 2 fully saturated rings. The molecule has 0 radical (unpaired) electrons. The van der Waals surface area contributed by atoms with Gasteiger partial charge >= 0.3 is 0 Å². The molecule has 3 rings (SSSR count). The van der Waals surface area contributed by atoms with Crippen LogP contribution >= 0.6 is 11.5 Å². The minimum Gasteiger partial charge on any atom is -0.344 e. The quantitative estimate of drug-likeness (QED) is 0.750. The molecular weight excluding hydrogens is 234 g/mol. The van der Waals surface area contributed by atoms with Gasteiger partial charge in [-0.25, -0.2) is 4.98 Å². The first-order valence-corrected chi connectivity index (χ1v) is 6.82. The molecule has 17 heavy (non-hydrogen) atoms. The van der Waals surface area contributed by atoms with E-state index in [1.807, 2.05) is 0 Å². The number of nitrogens with zero attached hydrogens (tertiary/aromatic N) is 5. The zero-order valence-corrected chi connectivity index (χ0v) is 10.5. The number of aromatic nitrogens is 2. The molecule has 2 aliphatic rings. The second-order valence-corrected chi connectivity index (χ2v) is 5.36. The summed E-state index contributed by atoms with van der Waals surface area (Å²) in [5.41, 5.74) is 0. The van der Waals surface area contributed by atoms with Crippen LogP contribution in [0.2, 0.25) is 0 Å². The number of hydrogen-bond donors (Lipinski definition) is 0. The molecule has 0 amide bonds. The van der Waals surface area contributed by atoms with E-state index < -0.39 is 0 Å². The van der Waals surface area contributed by atoms with Gasteiger partial charge in [0.15, 0.2) is 0 Å². The van der Waals surface area contributed by atoms with E-state index in [4.69, 9.17) is 5.26 Å². The van der Waals surface area contributed by atoms with Crippen LogP contribution in [0.1, 0.15) is 24.6 Å². The van der Waals surface area contributed by atoms with Gasteiger partial charge < -0.3 is 4.90 Å². The standard InChI is InChI=1S/C11H15N5S/c12-3-4-15-5-7-16(8-6-15)11-13-10(14-17-11)9-1-2-9/h9H,1-2,4-8H2. The summed E-state index contributed by atoms with van der Waals surface area (Å²) in [4.78, 5) is 9.09. The molecule has 0 bridgehead atoms. The number of rotatable bonds is 3. The third-order valence-electron chi connectivity index (χ3n) is 3.31. The summed E-state index contributed by atoms with van der Waals surface area (Å²) in [6.45, 7) is 4.36. The molecule has 0 aromatic carbocycles. The van der Waals surface area contributed by atoms with Crippen LogP contribution in [-0.2, 0) is 0 Å². The third-order valence-corrected chi connectivity index (χ3v) is 4.10. The van der Waals surface area contributed by atoms with Crippen molar-refractivity contribution in [3.63, 3.8) is 0 Å². The van der Waals surface area contributed by atoms with Gasteiger partial charge in [0.1, 0.15) is 5.82 Å². The van der Waals surface area contributed by atoms with E-state index in [1.165, 1.54) is 24.4 Å². The summed E-state index contributed by atoms with van der Waals surface area (Å²) in [6, 6.07) is 2.20. The molecule has 1 saturated heterocycles. The lowest BCUT2D eigenvalue weighted by molar-refractivity contribution is 0.287. The molecule has 90 valence electrons. The third kappa shape index (κ3) is 2.40. The van der Waals surface area contributed by atoms with Gasteiger partial charge in [0, 0.05) is 43.6 Å². The van der Waals surface area contributed by atoms with Crippen LogP contribution in [0.5, 0.6) is 0 Å². The van der Waals surface area contributed by atoms with Gasteiger partial charge in [0.2, 0.25) is 5.13 Å². The van der Waals surface area contributed by atoms with Crippen molar-refractivity contribution < 1.29 is 0 Å². The van der Waals surface area contributed by atoms with Gasteiger partial charge in [-0.05, 0) is 12.8 Å². The Balaban J connectivity index is 1.59. The largest absolute Gasteiger partial charge is 0.344 e. The van der Waals surface area contributed by atoms with Gasteiger partial charge in [-0.3, -0.25) is 4.90 Å². The van der Waals surface area contributed by atoms with Crippen LogP contribution in [0, 0.1) is 11.3 Å². The highest BCUT2D eigenvalue weighted by Crippen LogP contribution is 2.39. The monoisotopic (exact) mass is 249 g/mol. The first-order chi connectivity index (χ1) is 8.36. The van der Waals surface area contributed by atoms with Crippen molar-refractivity contribution in [3.05, 3.63) is 5.82 Å². The lowest BCUT2D eigenvalue weighted by Gasteiger charge is -2.32. The minimum absolute atomic E-state index is 0.539.